The summed E-state index contributed by atoms with van der Waals surface area (Å²) in [6, 6.07) is 9.60. The summed E-state index contributed by atoms with van der Waals surface area (Å²) in [4.78, 5) is 10.6. The zero-order valence-electron chi connectivity index (χ0n) is 10.7. The smallest absolute Gasteiger partial charge is 0.303 e. The number of hydrogen-bond acceptors (Lipinski definition) is 3. The predicted octanol–water partition coefficient (Wildman–Crippen LogP) is 2.14. The minimum absolute atomic E-state index is 0.0249. The van der Waals surface area contributed by atoms with Gasteiger partial charge >= 0.3 is 5.97 Å². The Hall–Kier alpha value is -1.55. The van der Waals surface area contributed by atoms with Crippen LogP contribution in [0, 0.1) is 11.8 Å². The Morgan fingerprint density at radius 2 is 2.06 bits per heavy atom. The van der Waals surface area contributed by atoms with Gasteiger partial charge in [-0.2, -0.15) is 0 Å². The van der Waals surface area contributed by atoms with Crippen molar-refractivity contribution < 1.29 is 14.6 Å². The first-order valence-corrected chi connectivity index (χ1v) is 6.21. The lowest BCUT2D eigenvalue weighted by atomic mass is 9.94. The van der Waals surface area contributed by atoms with Crippen LogP contribution in [-0.2, 0) is 4.79 Å². The van der Waals surface area contributed by atoms with E-state index in [1.54, 1.807) is 0 Å². The summed E-state index contributed by atoms with van der Waals surface area (Å²) in [5, 5.41) is 8.75. The van der Waals surface area contributed by atoms with E-state index in [4.69, 9.17) is 15.6 Å². The van der Waals surface area contributed by atoms with E-state index in [9.17, 15) is 4.79 Å². The maximum absolute atomic E-state index is 10.6. The highest BCUT2D eigenvalue weighted by Gasteiger charge is 2.15. The SMILES string of the molecule is C[C@H](COc1ccccc1)C[C@H](CN)CC(=O)O. The molecule has 0 aliphatic carbocycles. The van der Waals surface area contributed by atoms with Crippen LogP contribution in [0.25, 0.3) is 0 Å². The van der Waals surface area contributed by atoms with Gasteiger partial charge in [-0.3, -0.25) is 4.79 Å². The Labute approximate surface area is 108 Å². The second-order valence-corrected chi connectivity index (χ2v) is 4.66. The normalized spacial score (nSPS) is 13.9. The monoisotopic (exact) mass is 251 g/mol. The van der Waals surface area contributed by atoms with Crippen LogP contribution in [0.2, 0.25) is 0 Å². The van der Waals surface area contributed by atoms with Gasteiger partial charge in [-0.05, 0) is 36.9 Å². The van der Waals surface area contributed by atoms with Gasteiger partial charge < -0.3 is 15.6 Å². The zero-order valence-corrected chi connectivity index (χ0v) is 10.7. The molecule has 3 N–H and O–H groups in total. The maximum Gasteiger partial charge on any atom is 0.303 e. The van der Waals surface area contributed by atoms with Gasteiger partial charge in [0.1, 0.15) is 5.75 Å². The molecule has 0 spiro atoms. The molecule has 0 unspecified atom stereocenters. The lowest BCUT2D eigenvalue weighted by molar-refractivity contribution is -0.138. The van der Waals surface area contributed by atoms with Crippen molar-refractivity contribution in [3.05, 3.63) is 30.3 Å². The summed E-state index contributed by atoms with van der Waals surface area (Å²) in [5.74, 6) is 0.364. The molecule has 0 radical (unpaired) electrons. The van der Waals surface area contributed by atoms with Crippen molar-refractivity contribution in [3.63, 3.8) is 0 Å². The number of rotatable bonds is 8. The van der Waals surface area contributed by atoms with Gasteiger partial charge in [-0.15, -0.1) is 0 Å². The highest BCUT2D eigenvalue weighted by Crippen LogP contribution is 2.17. The number of ether oxygens (including phenoxy) is 1. The third kappa shape index (κ3) is 5.68. The molecule has 0 heterocycles. The van der Waals surface area contributed by atoms with Gasteiger partial charge in [-0.25, -0.2) is 0 Å². The van der Waals surface area contributed by atoms with Gasteiger partial charge in [0.15, 0.2) is 0 Å². The molecule has 0 bridgehead atoms. The number of carboxylic acids is 1. The van der Waals surface area contributed by atoms with E-state index < -0.39 is 5.97 Å². The average molecular weight is 251 g/mol. The fourth-order valence-electron chi connectivity index (χ4n) is 1.90. The highest BCUT2D eigenvalue weighted by atomic mass is 16.5. The molecular formula is C14H21NO3. The quantitative estimate of drug-likeness (QED) is 0.742. The van der Waals surface area contributed by atoms with Crippen molar-refractivity contribution in [2.24, 2.45) is 17.6 Å². The summed E-state index contributed by atoms with van der Waals surface area (Å²) in [6.45, 7) is 3.04. The van der Waals surface area contributed by atoms with E-state index in [1.165, 1.54) is 0 Å². The van der Waals surface area contributed by atoms with Crippen LogP contribution < -0.4 is 10.5 Å². The Morgan fingerprint density at radius 3 is 2.61 bits per heavy atom. The molecule has 0 fully saturated rings. The average Bonchev–Trinajstić information content (AvgIpc) is 2.36. The summed E-state index contributed by atoms with van der Waals surface area (Å²) in [6.07, 6.45) is 0.905. The molecule has 0 amide bonds. The maximum atomic E-state index is 10.6. The molecule has 4 heteroatoms. The second kappa shape index (κ2) is 7.71. The van der Waals surface area contributed by atoms with Gasteiger partial charge in [0.05, 0.1) is 6.61 Å². The van der Waals surface area contributed by atoms with Crippen LogP contribution in [0.1, 0.15) is 19.8 Å². The molecule has 2 atom stereocenters. The van der Waals surface area contributed by atoms with Gasteiger partial charge in [-0.1, -0.05) is 25.1 Å². The molecule has 0 saturated heterocycles. The summed E-state index contributed by atoms with van der Waals surface area (Å²) >= 11 is 0. The molecule has 1 aromatic carbocycles. The molecule has 4 nitrogen and oxygen atoms in total. The molecule has 0 aliphatic rings. The van der Waals surface area contributed by atoms with Crippen molar-refractivity contribution in [1.82, 2.24) is 0 Å². The topological polar surface area (TPSA) is 72.5 Å². The van der Waals surface area contributed by atoms with Crippen molar-refractivity contribution in [1.29, 1.82) is 0 Å². The number of aliphatic carboxylic acids is 1. The molecular weight excluding hydrogens is 230 g/mol. The molecule has 0 aliphatic heterocycles. The van der Waals surface area contributed by atoms with E-state index in [0.717, 1.165) is 12.2 Å². The van der Waals surface area contributed by atoms with Crippen LogP contribution in [0.15, 0.2) is 30.3 Å². The molecule has 18 heavy (non-hydrogen) atoms. The number of benzene rings is 1. The largest absolute Gasteiger partial charge is 0.493 e. The Bertz CT molecular complexity index is 353. The number of nitrogens with two attached hydrogens (primary N) is 1. The van der Waals surface area contributed by atoms with Crippen LogP contribution in [0.3, 0.4) is 0 Å². The molecule has 0 aromatic heterocycles. The lowest BCUT2D eigenvalue weighted by Crippen LogP contribution is -2.22. The van der Waals surface area contributed by atoms with Crippen LogP contribution in [0.5, 0.6) is 5.75 Å². The lowest BCUT2D eigenvalue weighted by Gasteiger charge is -2.18. The van der Waals surface area contributed by atoms with Gasteiger partial charge in [0, 0.05) is 6.42 Å². The van der Waals surface area contributed by atoms with E-state index in [0.29, 0.717) is 13.2 Å². The third-order valence-electron chi connectivity index (χ3n) is 2.81. The van der Waals surface area contributed by atoms with Crippen molar-refractivity contribution in [3.8, 4) is 5.75 Å². The Kier molecular flexibility index (Phi) is 6.22. The summed E-state index contributed by atoms with van der Waals surface area (Å²) in [7, 11) is 0. The fourth-order valence-corrected chi connectivity index (χ4v) is 1.90. The predicted molar refractivity (Wildman–Crippen MR) is 70.5 cm³/mol. The Balaban J connectivity index is 2.32. The van der Waals surface area contributed by atoms with Crippen LogP contribution in [-0.4, -0.2) is 24.2 Å². The third-order valence-corrected chi connectivity index (χ3v) is 2.81. The van der Waals surface area contributed by atoms with Gasteiger partial charge in [0.2, 0.25) is 0 Å². The first-order chi connectivity index (χ1) is 8.61. The first kappa shape index (κ1) is 14.5. The Morgan fingerprint density at radius 1 is 1.39 bits per heavy atom. The summed E-state index contributed by atoms with van der Waals surface area (Å²) in [5.41, 5.74) is 5.57. The molecule has 0 saturated carbocycles. The number of carboxylic acid groups (broad SMARTS) is 1. The van der Waals surface area contributed by atoms with Crippen LogP contribution >= 0.6 is 0 Å². The van der Waals surface area contributed by atoms with E-state index >= 15 is 0 Å². The van der Waals surface area contributed by atoms with Crippen molar-refractivity contribution in [2.75, 3.05) is 13.2 Å². The van der Waals surface area contributed by atoms with Crippen molar-refractivity contribution >= 4 is 5.97 Å². The second-order valence-electron chi connectivity index (χ2n) is 4.66. The fraction of sp³-hybridized carbons (Fsp3) is 0.500. The van der Waals surface area contributed by atoms with Gasteiger partial charge in [0.25, 0.3) is 0 Å². The number of para-hydroxylation sites is 1. The minimum atomic E-state index is -0.790. The zero-order chi connectivity index (χ0) is 13.4. The number of hydrogen-bond donors (Lipinski definition) is 2. The van der Waals surface area contributed by atoms with Crippen LogP contribution in [0.4, 0.5) is 0 Å². The van der Waals surface area contributed by atoms with E-state index in [-0.39, 0.29) is 18.3 Å². The van der Waals surface area contributed by atoms with Crippen molar-refractivity contribution in [2.45, 2.75) is 19.8 Å². The van der Waals surface area contributed by atoms with E-state index in [2.05, 4.69) is 0 Å². The molecule has 100 valence electrons. The summed E-state index contributed by atoms with van der Waals surface area (Å²) < 4.78 is 5.63. The molecule has 1 rings (SSSR count). The first-order valence-electron chi connectivity index (χ1n) is 6.21. The minimum Gasteiger partial charge on any atom is -0.493 e. The standard InChI is InChI=1S/C14H21NO3/c1-11(7-12(9-15)8-14(16)17)10-18-13-5-3-2-4-6-13/h2-6,11-12H,7-10,15H2,1H3,(H,16,17)/t11-,12-/m0/s1. The van der Waals surface area contributed by atoms with E-state index in [1.807, 2.05) is 37.3 Å². The molecule has 1 aromatic rings. The number of carbonyl (C=O) groups is 1. The highest BCUT2D eigenvalue weighted by molar-refractivity contribution is 5.67.